The van der Waals surface area contributed by atoms with Gasteiger partial charge in [0.25, 0.3) is 0 Å². The molecule has 3 aromatic carbocycles. The Kier molecular flexibility index (Phi) is 4.49. The third-order valence-corrected chi connectivity index (χ3v) is 6.35. The second-order valence-corrected chi connectivity index (χ2v) is 8.40. The van der Waals surface area contributed by atoms with Crippen LogP contribution in [-0.4, -0.2) is 0 Å². The van der Waals surface area contributed by atoms with Crippen LogP contribution in [0, 0.1) is 19.8 Å². The van der Waals surface area contributed by atoms with Gasteiger partial charge in [0.1, 0.15) is 0 Å². The highest BCUT2D eigenvalue weighted by atomic mass is 15.0. The van der Waals surface area contributed by atoms with E-state index >= 15 is 0 Å². The van der Waals surface area contributed by atoms with Gasteiger partial charge in [-0.3, -0.25) is 5.32 Å². The molecule has 1 N–H and O–H groups in total. The normalized spacial score (nSPS) is 23.1. The van der Waals surface area contributed by atoms with Crippen LogP contribution in [0.5, 0.6) is 0 Å². The fraction of sp³-hybridized carbons (Fsp3) is 0.214. The number of nitrogens with one attached hydrogen (secondary N) is 1. The molecule has 1 aliphatic heterocycles. The van der Waals surface area contributed by atoms with Gasteiger partial charge in [0.2, 0.25) is 0 Å². The Morgan fingerprint density at radius 3 is 2.17 bits per heavy atom. The van der Waals surface area contributed by atoms with Gasteiger partial charge in [0.05, 0.1) is 12.1 Å². The Morgan fingerprint density at radius 2 is 1.45 bits per heavy atom. The van der Waals surface area contributed by atoms with Crippen LogP contribution >= 0.6 is 0 Å². The number of allylic oxidation sites excluding steroid dienone is 4. The maximum Gasteiger partial charge on any atom is 0.0592 e. The second kappa shape index (κ2) is 7.17. The molecule has 3 aromatic rings. The predicted octanol–water partition coefficient (Wildman–Crippen LogP) is 6.88. The molecule has 0 radical (unpaired) electrons. The number of aryl methyl sites for hydroxylation is 2. The van der Waals surface area contributed by atoms with Gasteiger partial charge in [0.15, 0.2) is 0 Å². The first-order chi connectivity index (χ1) is 14.1. The minimum atomic E-state index is 0.178. The van der Waals surface area contributed by atoms with Gasteiger partial charge < -0.3 is 0 Å². The van der Waals surface area contributed by atoms with Gasteiger partial charge >= 0.3 is 0 Å². The Morgan fingerprint density at radius 1 is 0.759 bits per heavy atom. The largest absolute Gasteiger partial charge is 0.295 e. The molecule has 0 saturated heterocycles. The number of rotatable bonds is 2. The molecule has 1 heteroatoms. The van der Waals surface area contributed by atoms with E-state index in [0.717, 1.165) is 0 Å². The summed E-state index contributed by atoms with van der Waals surface area (Å²) in [7, 11) is 0. The first-order valence-corrected chi connectivity index (χ1v) is 10.5. The molecule has 0 amide bonds. The summed E-state index contributed by atoms with van der Waals surface area (Å²) < 4.78 is 0. The molecule has 3 atom stereocenters. The lowest BCUT2D eigenvalue weighted by Crippen LogP contribution is -2.33. The second-order valence-electron chi connectivity index (χ2n) is 8.40. The SMILES string of the molecule is Cc1ccc2ccc(C)c3c2c1C(C1=CC(C)C=CC=C1)NC3c1ccccc1. The molecule has 1 heterocycles. The van der Waals surface area contributed by atoms with Crippen LogP contribution in [0.25, 0.3) is 10.8 Å². The van der Waals surface area contributed by atoms with Crippen LogP contribution in [0.4, 0.5) is 0 Å². The lowest BCUT2D eigenvalue weighted by atomic mass is 9.78. The average molecular weight is 378 g/mol. The summed E-state index contributed by atoms with van der Waals surface area (Å²) >= 11 is 0. The third-order valence-electron chi connectivity index (χ3n) is 6.35. The van der Waals surface area contributed by atoms with Gasteiger partial charge in [0, 0.05) is 0 Å². The molecule has 0 bridgehead atoms. The van der Waals surface area contributed by atoms with E-state index in [9.17, 15) is 0 Å². The van der Waals surface area contributed by atoms with Crippen molar-refractivity contribution < 1.29 is 0 Å². The van der Waals surface area contributed by atoms with Gasteiger partial charge in [-0.25, -0.2) is 0 Å². The quantitative estimate of drug-likeness (QED) is 0.513. The smallest absolute Gasteiger partial charge is 0.0592 e. The van der Waals surface area contributed by atoms with E-state index in [4.69, 9.17) is 0 Å². The van der Waals surface area contributed by atoms with E-state index in [-0.39, 0.29) is 12.1 Å². The van der Waals surface area contributed by atoms with Crippen molar-refractivity contribution in [3.63, 3.8) is 0 Å². The van der Waals surface area contributed by atoms with E-state index < -0.39 is 0 Å². The summed E-state index contributed by atoms with van der Waals surface area (Å²) in [4.78, 5) is 0. The molecule has 144 valence electrons. The fourth-order valence-electron chi connectivity index (χ4n) is 4.94. The van der Waals surface area contributed by atoms with Crippen LogP contribution in [0.1, 0.15) is 46.8 Å². The molecule has 3 unspecified atom stereocenters. The summed E-state index contributed by atoms with van der Waals surface area (Å²) in [6.45, 7) is 6.75. The summed E-state index contributed by atoms with van der Waals surface area (Å²) in [5.41, 5.74) is 8.24. The van der Waals surface area contributed by atoms with Crippen LogP contribution in [0.2, 0.25) is 0 Å². The number of hydrogen-bond donors (Lipinski definition) is 1. The Balaban J connectivity index is 1.81. The standard InChI is InChI=1S/C28H27N/c1-18-9-7-8-12-23(17-18)28-25-20(3)14-16-21-15-13-19(2)24(26(21)25)27(29-28)22-10-5-4-6-11-22/h4-18,27-29H,1-3H3. The van der Waals surface area contributed by atoms with Crippen molar-refractivity contribution in [3.8, 4) is 0 Å². The van der Waals surface area contributed by atoms with Crippen LogP contribution in [0.3, 0.4) is 0 Å². The van der Waals surface area contributed by atoms with Crippen molar-refractivity contribution >= 4 is 10.8 Å². The zero-order valence-corrected chi connectivity index (χ0v) is 17.3. The maximum atomic E-state index is 4.04. The zero-order chi connectivity index (χ0) is 20.0. The Bertz CT molecular complexity index is 1160. The van der Waals surface area contributed by atoms with Gasteiger partial charge in [-0.05, 0) is 63.9 Å². The van der Waals surface area contributed by atoms with Crippen molar-refractivity contribution in [3.05, 3.63) is 118 Å². The minimum absolute atomic E-state index is 0.178. The monoisotopic (exact) mass is 377 g/mol. The molecule has 5 rings (SSSR count). The molecule has 2 aliphatic rings. The third kappa shape index (κ3) is 3.07. The van der Waals surface area contributed by atoms with E-state index in [1.165, 1.54) is 44.2 Å². The highest BCUT2D eigenvalue weighted by Gasteiger charge is 2.32. The Hall–Kier alpha value is -2.90. The van der Waals surface area contributed by atoms with Crippen molar-refractivity contribution in [2.45, 2.75) is 32.9 Å². The lowest BCUT2D eigenvalue weighted by molar-refractivity contribution is 0.525. The molecule has 0 spiro atoms. The highest BCUT2D eigenvalue weighted by Crippen LogP contribution is 2.45. The molecule has 0 fully saturated rings. The number of benzene rings is 3. The molecule has 1 nitrogen and oxygen atoms in total. The van der Waals surface area contributed by atoms with Crippen molar-refractivity contribution in [1.82, 2.24) is 5.32 Å². The molecular formula is C28H27N. The first-order valence-electron chi connectivity index (χ1n) is 10.5. The minimum Gasteiger partial charge on any atom is -0.295 e. The molecular weight excluding hydrogens is 350 g/mol. The molecule has 0 aromatic heterocycles. The van der Waals surface area contributed by atoms with Gasteiger partial charge in [-0.15, -0.1) is 0 Å². The first kappa shape index (κ1) is 18.1. The van der Waals surface area contributed by atoms with E-state index in [0.29, 0.717) is 5.92 Å². The summed E-state index contributed by atoms with van der Waals surface area (Å²) in [6.07, 6.45) is 11.3. The zero-order valence-electron chi connectivity index (χ0n) is 17.3. The highest BCUT2D eigenvalue weighted by molar-refractivity contribution is 5.93. The van der Waals surface area contributed by atoms with E-state index in [2.05, 4.69) is 111 Å². The van der Waals surface area contributed by atoms with E-state index in [1.54, 1.807) is 0 Å². The summed E-state index contributed by atoms with van der Waals surface area (Å²) in [5, 5.41) is 6.81. The predicted molar refractivity (Wildman–Crippen MR) is 123 cm³/mol. The van der Waals surface area contributed by atoms with Gasteiger partial charge in [-0.2, -0.15) is 0 Å². The fourth-order valence-corrected chi connectivity index (χ4v) is 4.94. The van der Waals surface area contributed by atoms with Crippen molar-refractivity contribution in [2.75, 3.05) is 0 Å². The van der Waals surface area contributed by atoms with Crippen molar-refractivity contribution in [2.24, 2.45) is 5.92 Å². The van der Waals surface area contributed by atoms with Crippen LogP contribution in [0.15, 0.2) is 90.6 Å². The van der Waals surface area contributed by atoms with Gasteiger partial charge in [-0.1, -0.05) is 91.9 Å². The molecule has 0 saturated carbocycles. The maximum absolute atomic E-state index is 4.04. The molecule has 1 aliphatic carbocycles. The summed E-state index contributed by atoms with van der Waals surface area (Å²) in [5.74, 6) is 0.426. The van der Waals surface area contributed by atoms with Crippen LogP contribution in [-0.2, 0) is 0 Å². The lowest BCUT2D eigenvalue weighted by Gasteiger charge is -2.37. The summed E-state index contributed by atoms with van der Waals surface area (Å²) in [6, 6.07) is 20.3. The average Bonchev–Trinajstić information content (AvgIpc) is 2.96. The Labute approximate surface area is 173 Å². The van der Waals surface area contributed by atoms with Crippen molar-refractivity contribution in [1.29, 1.82) is 0 Å². The topological polar surface area (TPSA) is 12.0 Å². The molecule has 29 heavy (non-hydrogen) atoms. The number of hydrogen-bond acceptors (Lipinski definition) is 1. The van der Waals surface area contributed by atoms with E-state index in [1.807, 2.05) is 0 Å². The van der Waals surface area contributed by atoms with Crippen LogP contribution < -0.4 is 5.32 Å².